The second kappa shape index (κ2) is 5.45. The van der Waals surface area contributed by atoms with Crippen LogP contribution in [0.4, 0.5) is 5.69 Å². The smallest absolute Gasteiger partial charge is 0.306 e. The average molecular weight is 367 g/mol. The van der Waals surface area contributed by atoms with Crippen LogP contribution in [0.3, 0.4) is 0 Å². The van der Waals surface area contributed by atoms with Crippen molar-refractivity contribution in [1.29, 1.82) is 0 Å². The molecule has 3 heterocycles. The van der Waals surface area contributed by atoms with Crippen LogP contribution in [0.2, 0.25) is 0 Å². The van der Waals surface area contributed by atoms with Gasteiger partial charge in [0.1, 0.15) is 5.75 Å². The van der Waals surface area contributed by atoms with Gasteiger partial charge < -0.3 is 10.1 Å². The lowest BCUT2D eigenvalue weighted by atomic mass is 9.92. The summed E-state index contributed by atoms with van der Waals surface area (Å²) in [5.41, 5.74) is 3.37. The van der Waals surface area contributed by atoms with Crippen molar-refractivity contribution in [3.05, 3.63) is 95.6 Å². The predicted molar refractivity (Wildman–Crippen MR) is 106 cm³/mol. The fourth-order valence-corrected chi connectivity index (χ4v) is 4.45. The van der Waals surface area contributed by atoms with Crippen molar-refractivity contribution in [3.63, 3.8) is 0 Å². The molecule has 0 fully saturated rings. The number of nitrogens with zero attached hydrogens (tertiary/aromatic N) is 2. The van der Waals surface area contributed by atoms with E-state index in [0.29, 0.717) is 0 Å². The fraction of sp³-hybridized carbons (Fsp3) is 0.130. The van der Waals surface area contributed by atoms with Crippen molar-refractivity contribution < 1.29 is 9.53 Å². The zero-order chi connectivity index (χ0) is 18.7. The number of para-hydroxylation sites is 2. The number of rotatable bonds is 1. The maximum atomic E-state index is 13.3. The number of anilines is 1. The quantitative estimate of drug-likeness (QED) is 0.706. The Morgan fingerprint density at radius 2 is 1.71 bits per heavy atom. The van der Waals surface area contributed by atoms with Gasteiger partial charge in [-0.1, -0.05) is 66.7 Å². The van der Waals surface area contributed by atoms with E-state index in [4.69, 9.17) is 9.84 Å². The van der Waals surface area contributed by atoms with Gasteiger partial charge in [-0.25, -0.2) is 5.01 Å². The maximum absolute atomic E-state index is 13.3. The summed E-state index contributed by atoms with van der Waals surface area (Å²) in [6, 6.07) is 25.7. The highest BCUT2D eigenvalue weighted by Crippen LogP contribution is 2.53. The molecule has 1 amide bonds. The van der Waals surface area contributed by atoms with Crippen LogP contribution >= 0.6 is 0 Å². The summed E-state index contributed by atoms with van der Waals surface area (Å²) in [6.45, 7) is 0. The Bertz CT molecular complexity index is 1140. The van der Waals surface area contributed by atoms with Crippen LogP contribution in [0.1, 0.15) is 29.2 Å². The second-order valence-electron chi connectivity index (χ2n) is 7.26. The van der Waals surface area contributed by atoms with Gasteiger partial charge in [0.05, 0.1) is 23.0 Å². The number of carbonyl (C=O) groups excluding carboxylic acids is 1. The molecular formula is C23H17N3O2. The Labute approximate surface area is 162 Å². The van der Waals surface area contributed by atoms with Crippen LogP contribution in [-0.2, 0) is 10.5 Å². The molecule has 3 aromatic rings. The molecule has 0 aliphatic carbocycles. The lowest BCUT2D eigenvalue weighted by molar-refractivity contribution is -0.161. The molecule has 2 atom stereocenters. The van der Waals surface area contributed by atoms with E-state index < -0.39 is 5.72 Å². The number of benzene rings is 3. The molecule has 0 radical (unpaired) electrons. The first-order chi connectivity index (χ1) is 13.8. The van der Waals surface area contributed by atoms with Crippen molar-refractivity contribution in [3.8, 4) is 5.75 Å². The molecule has 5 nitrogen and oxygen atoms in total. The first-order valence-electron chi connectivity index (χ1n) is 9.38. The Balaban J connectivity index is 1.59. The molecule has 0 bridgehead atoms. The number of carbonyl (C=O) groups is 1. The molecule has 0 unspecified atom stereocenters. The van der Waals surface area contributed by atoms with Crippen LogP contribution in [0.25, 0.3) is 0 Å². The lowest BCUT2D eigenvalue weighted by Crippen LogP contribution is -2.55. The Morgan fingerprint density at radius 1 is 0.964 bits per heavy atom. The molecule has 1 spiro atoms. The van der Waals surface area contributed by atoms with E-state index in [0.717, 1.165) is 40.3 Å². The van der Waals surface area contributed by atoms with Crippen LogP contribution in [0.5, 0.6) is 5.75 Å². The van der Waals surface area contributed by atoms with E-state index >= 15 is 0 Å². The van der Waals surface area contributed by atoms with E-state index in [1.165, 1.54) is 0 Å². The van der Waals surface area contributed by atoms with E-state index in [9.17, 15) is 4.79 Å². The minimum Gasteiger partial charge on any atom is -0.453 e. The van der Waals surface area contributed by atoms with E-state index in [-0.39, 0.29) is 11.9 Å². The third-order valence-corrected chi connectivity index (χ3v) is 5.72. The molecule has 5 heteroatoms. The Morgan fingerprint density at radius 3 is 2.61 bits per heavy atom. The fourth-order valence-electron chi connectivity index (χ4n) is 4.45. The number of fused-ring (bicyclic) bond motifs is 6. The highest BCUT2D eigenvalue weighted by atomic mass is 16.5. The van der Waals surface area contributed by atoms with Gasteiger partial charge in [-0.05, 0) is 17.7 Å². The Kier molecular flexibility index (Phi) is 3.01. The van der Waals surface area contributed by atoms with Gasteiger partial charge in [0.25, 0.3) is 5.91 Å². The highest BCUT2D eigenvalue weighted by molar-refractivity contribution is 6.07. The van der Waals surface area contributed by atoms with Gasteiger partial charge in [0.15, 0.2) is 0 Å². The number of amides is 1. The number of hydrogen-bond donors (Lipinski definition) is 1. The number of hydrogen-bond acceptors (Lipinski definition) is 4. The van der Waals surface area contributed by atoms with Gasteiger partial charge in [-0.2, -0.15) is 5.10 Å². The minimum atomic E-state index is -1.29. The van der Waals surface area contributed by atoms with Gasteiger partial charge in [0.2, 0.25) is 0 Å². The number of hydrazone groups is 1. The maximum Gasteiger partial charge on any atom is 0.306 e. The molecule has 1 N–H and O–H groups in total. The molecule has 0 aromatic heterocycles. The second-order valence-corrected chi connectivity index (χ2v) is 7.26. The van der Waals surface area contributed by atoms with E-state index in [2.05, 4.69) is 23.5 Å². The summed E-state index contributed by atoms with van der Waals surface area (Å²) in [6.07, 6.45) is 0.724. The summed E-state index contributed by atoms with van der Waals surface area (Å²) in [7, 11) is 0. The molecule has 0 saturated heterocycles. The topological polar surface area (TPSA) is 53.9 Å². The Hall–Kier alpha value is -3.60. The molecule has 3 aromatic carbocycles. The van der Waals surface area contributed by atoms with Crippen molar-refractivity contribution in [1.82, 2.24) is 5.01 Å². The largest absolute Gasteiger partial charge is 0.453 e. The van der Waals surface area contributed by atoms with Gasteiger partial charge >= 0.3 is 5.72 Å². The SMILES string of the molecule is O=C1Nc2ccccc2[C@@]12Oc1ccccc1[C@H]1CC(c3ccccc3)=NN12. The van der Waals surface area contributed by atoms with Crippen molar-refractivity contribution >= 4 is 17.3 Å². The third-order valence-electron chi connectivity index (χ3n) is 5.72. The van der Waals surface area contributed by atoms with Crippen molar-refractivity contribution in [2.24, 2.45) is 5.10 Å². The van der Waals surface area contributed by atoms with E-state index in [1.807, 2.05) is 65.7 Å². The van der Waals surface area contributed by atoms with Crippen LogP contribution in [-0.4, -0.2) is 16.6 Å². The number of ether oxygens (including phenoxy) is 1. The summed E-state index contributed by atoms with van der Waals surface area (Å²) < 4.78 is 6.42. The normalized spacial score (nSPS) is 24.1. The third kappa shape index (κ3) is 1.90. The molecule has 6 rings (SSSR count). The lowest BCUT2D eigenvalue weighted by Gasteiger charge is -2.43. The first kappa shape index (κ1) is 15.5. The van der Waals surface area contributed by atoms with Crippen LogP contribution in [0.15, 0.2) is 84.0 Å². The van der Waals surface area contributed by atoms with Crippen LogP contribution in [0, 0.1) is 0 Å². The molecular weight excluding hydrogens is 350 g/mol. The standard InChI is InChI=1S/C23H17N3O2/c27-22-23(17-11-5-6-12-18(17)24-22)26-20(16-10-4-7-13-21(16)28-23)14-19(25-26)15-8-2-1-3-9-15/h1-13,20H,14H2,(H,24,27)/t20-,23-/m1/s1. The van der Waals surface area contributed by atoms with Gasteiger partial charge in [0, 0.05) is 12.0 Å². The zero-order valence-electron chi connectivity index (χ0n) is 15.0. The molecule has 3 aliphatic rings. The molecule has 136 valence electrons. The highest BCUT2D eigenvalue weighted by Gasteiger charge is 2.60. The van der Waals surface area contributed by atoms with Crippen molar-refractivity contribution in [2.45, 2.75) is 18.2 Å². The average Bonchev–Trinajstić information content (AvgIpc) is 3.30. The number of nitrogens with one attached hydrogen (secondary N) is 1. The van der Waals surface area contributed by atoms with Gasteiger partial charge in [-0.15, -0.1) is 0 Å². The zero-order valence-corrected chi connectivity index (χ0v) is 15.0. The van der Waals surface area contributed by atoms with Gasteiger partial charge in [-0.3, -0.25) is 4.79 Å². The van der Waals surface area contributed by atoms with E-state index in [1.54, 1.807) is 0 Å². The van der Waals surface area contributed by atoms with Crippen molar-refractivity contribution in [2.75, 3.05) is 5.32 Å². The summed E-state index contributed by atoms with van der Waals surface area (Å²) >= 11 is 0. The summed E-state index contributed by atoms with van der Waals surface area (Å²) in [5, 5.41) is 9.77. The minimum absolute atomic E-state index is 0.0583. The molecule has 0 saturated carbocycles. The monoisotopic (exact) mass is 367 g/mol. The summed E-state index contributed by atoms with van der Waals surface area (Å²) in [5.74, 6) is 0.534. The molecule has 28 heavy (non-hydrogen) atoms. The summed E-state index contributed by atoms with van der Waals surface area (Å²) in [4.78, 5) is 13.3. The molecule has 3 aliphatic heterocycles. The predicted octanol–water partition coefficient (Wildman–Crippen LogP) is 4.04. The van der Waals surface area contributed by atoms with Crippen LogP contribution < -0.4 is 10.1 Å². The first-order valence-corrected chi connectivity index (χ1v) is 9.38.